The second kappa shape index (κ2) is 10.9. The number of amides is 1. The highest BCUT2D eigenvalue weighted by atomic mass is 127. The molecule has 1 amide bonds. The zero-order chi connectivity index (χ0) is 31.9. The van der Waals surface area contributed by atoms with Crippen LogP contribution in [0.3, 0.4) is 0 Å². The van der Waals surface area contributed by atoms with Crippen LogP contribution >= 0.6 is 22.6 Å². The molecule has 8 nitrogen and oxygen atoms in total. The lowest BCUT2D eigenvalue weighted by molar-refractivity contribution is -0.166. The third-order valence-corrected chi connectivity index (χ3v) is 13.4. The lowest BCUT2D eigenvalue weighted by Gasteiger charge is -2.60. The van der Waals surface area contributed by atoms with E-state index in [-0.39, 0.29) is 36.4 Å². The maximum Gasteiger partial charge on any atom is 0.318 e. The lowest BCUT2D eigenvalue weighted by atomic mass is 9.45. The SMILES string of the molecule is C=C1CC[C@@H]2[C@](C)(CO)[C@H](O)CC[C@@]2(C)[C@@H]1CC1CN(Cc2ccccc2)[C@@]2(C(=O)Nc3ccc(I)cc32)[C@]12C(=O)OC[C@H]2O. The predicted octanol–water partition coefficient (Wildman–Crippen LogP) is 4.61. The van der Waals surface area contributed by atoms with Gasteiger partial charge in [0.2, 0.25) is 0 Å². The summed E-state index contributed by atoms with van der Waals surface area (Å²) in [6.45, 7) is 9.37. The van der Waals surface area contributed by atoms with E-state index < -0.39 is 40.5 Å². The van der Waals surface area contributed by atoms with Crippen molar-refractivity contribution in [2.45, 2.75) is 70.2 Å². The van der Waals surface area contributed by atoms with E-state index in [4.69, 9.17) is 4.74 Å². The Morgan fingerprint density at radius 2 is 1.84 bits per heavy atom. The molecule has 2 aromatic carbocycles. The van der Waals surface area contributed by atoms with E-state index in [1.165, 1.54) is 0 Å². The molecule has 9 atom stereocenters. The number of fused-ring (bicyclic) bond motifs is 4. The van der Waals surface area contributed by atoms with E-state index in [1.54, 1.807) is 0 Å². The number of aliphatic hydroxyl groups excluding tert-OH is 3. The number of nitrogens with one attached hydrogen (secondary N) is 1. The fourth-order valence-corrected chi connectivity index (χ4v) is 11.1. The molecule has 0 bridgehead atoms. The molecule has 7 rings (SSSR count). The summed E-state index contributed by atoms with van der Waals surface area (Å²) in [5.41, 5.74) is -0.485. The van der Waals surface area contributed by atoms with Gasteiger partial charge in [-0.15, -0.1) is 0 Å². The van der Waals surface area contributed by atoms with E-state index >= 15 is 0 Å². The minimum absolute atomic E-state index is 0.0364. The molecule has 3 heterocycles. The molecular weight excluding hydrogens is 683 g/mol. The van der Waals surface area contributed by atoms with Crippen LogP contribution in [0.5, 0.6) is 0 Å². The zero-order valence-electron chi connectivity index (χ0n) is 26.0. The van der Waals surface area contributed by atoms with Crippen molar-refractivity contribution >= 4 is 40.2 Å². The first kappa shape index (κ1) is 31.3. The second-order valence-corrected chi connectivity index (χ2v) is 15.9. The number of carbonyl (C=O) groups is 2. The number of anilines is 1. The van der Waals surface area contributed by atoms with Crippen LogP contribution in [-0.2, 0) is 26.4 Å². The minimum atomic E-state index is -1.54. The van der Waals surface area contributed by atoms with Crippen molar-refractivity contribution in [3.63, 3.8) is 0 Å². The molecule has 9 heteroatoms. The summed E-state index contributed by atoms with van der Waals surface area (Å²) in [5, 5.41) is 36.8. The molecule has 2 saturated heterocycles. The topological polar surface area (TPSA) is 119 Å². The molecule has 240 valence electrons. The van der Waals surface area contributed by atoms with Gasteiger partial charge in [-0.25, -0.2) is 0 Å². The van der Waals surface area contributed by atoms with Gasteiger partial charge in [0.05, 0.1) is 12.7 Å². The van der Waals surface area contributed by atoms with Crippen LogP contribution in [0, 0.1) is 37.6 Å². The van der Waals surface area contributed by atoms with Gasteiger partial charge in [-0.05, 0) is 102 Å². The Bertz CT molecular complexity index is 1550. The Kier molecular flexibility index (Phi) is 7.56. The number of esters is 1. The van der Waals surface area contributed by atoms with Gasteiger partial charge in [0.25, 0.3) is 5.91 Å². The maximum absolute atomic E-state index is 14.6. The van der Waals surface area contributed by atoms with E-state index in [0.29, 0.717) is 37.2 Å². The molecule has 2 saturated carbocycles. The Balaban J connectivity index is 1.40. The smallest absolute Gasteiger partial charge is 0.318 e. The number of likely N-dealkylation sites (tertiary alicyclic amines) is 1. The van der Waals surface area contributed by atoms with E-state index in [0.717, 1.165) is 34.0 Å². The van der Waals surface area contributed by atoms with Crippen molar-refractivity contribution in [3.8, 4) is 0 Å². The van der Waals surface area contributed by atoms with Crippen LogP contribution in [0.15, 0.2) is 60.7 Å². The number of hydrogen-bond donors (Lipinski definition) is 4. The summed E-state index contributed by atoms with van der Waals surface area (Å²) in [4.78, 5) is 31.2. The molecule has 2 aliphatic carbocycles. The molecule has 2 aromatic rings. The lowest BCUT2D eigenvalue weighted by Crippen LogP contribution is -2.63. The number of ether oxygens (including phenoxy) is 1. The van der Waals surface area contributed by atoms with Crippen molar-refractivity contribution in [2.75, 3.05) is 25.1 Å². The third kappa shape index (κ3) is 4.09. The molecule has 1 unspecified atom stereocenters. The molecule has 0 aromatic heterocycles. The van der Waals surface area contributed by atoms with Crippen molar-refractivity contribution in [1.82, 2.24) is 4.90 Å². The standard InChI is InChI=1S/C36H43IN2O6/c1-21-9-12-28-33(2,14-13-29(41)34(28,3)20-40)25(21)15-23-18-39(17-22-7-5-4-6-8-22)36(35(23)30(42)19-45-32(35)44)26-16-24(37)10-11-27(26)38-31(36)43/h4-8,10-11,16,23,25,28-30,40-42H,1,9,12-15,17-20H2,2-3H3,(H,38,43)/t23?,25-,28+,29-,30-,33+,34+,35-,36+/m1/s1. The summed E-state index contributed by atoms with van der Waals surface area (Å²) in [5.74, 6) is -1.25. The first-order chi connectivity index (χ1) is 21.4. The highest BCUT2D eigenvalue weighted by molar-refractivity contribution is 14.1. The molecule has 2 spiro atoms. The average molecular weight is 727 g/mol. The highest BCUT2D eigenvalue weighted by Gasteiger charge is 2.79. The number of rotatable bonds is 5. The Hall–Kier alpha value is -2.31. The molecular formula is C36H43IN2O6. The quantitative estimate of drug-likeness (QED) is 0.202. The molecule has 0 radical (unpaired) electrons. The first-order valence-electron chi connectivity index (χ1n) is 16.2. The largest absolute Gasteiger partial charge is 0.462 e. The molecule has 3 aliphatic heterocycles. The van der Waals surface area contributed by atoms with Crippen LogP contribution < -0.4 is 5.32 Å². The van der Waals surface area contributed by atoms with Crippen molar-refractivity contribution in [2.24, 2.45) is 34.0 Å². The second-order valence-electron chi connectivity index (χ2n) is 14.7. The monoisotopic (exact) mass is 726 g/mol. The molecule has 45 heavy (non-hydrogen) atoms. The number of benzene rings is 2. The van der Waals surface area contributed by atoms with E-state index in [1.807, 2.05) is 55.5 Å². The van der Waals surface area contributed by atoms with Crippen LogP contribution in [0.2, 0.25) is 0 Å². The fourth-order valence-electron chi connectivity index (χ4n) is 10.6. The molecule has 4 N–H and O–H groups in total. The van der Waals surface area contributed by atoms with Gasteiger partial charge in [-0.1, -0.05) is 56.3 Å². The van der Waals surface area contributed by atoms with Gasteiger partial charge in [0.15, 0.2) is 0 Å². The summed E-state index contributed by atoms with van der Waals surface area (Å²) < 4.78 is 6.67. The number of carbonyl (C=O) groups excluding carboxylic acids is 2. The molecule has 4 fully saturated rings. The minimum Gasteiger partial charge on any atom is -0.462 e. The van der Waals surface area contributed by atoms with Gasteiger partial charge in [0, 0.05) is 33.3 Å². The van der Waals surface area contributed by atoms with Crippen molar-refractivity contribution < 1.29 is 29.6 Å². The Morgan fingerprint density at radius 1 is 1.09 bits per heavy atom. The fraction of sp³-hybridized carbons (Fsp3) is 0.556. The van der Waals surface area contributed by atoms with Crippen molar-refractivity contribution in [1.29, 1.82) is 0 Å². The van der Waals surface area contributed by atoms with E-state index in [2.05, 4.69) is 46.3 Å². The number of nitrogens with zero attached hydrogens (tertiary/aromatic N) is 1. The number of hydrogen-bond acceptors (Lipinski definition) is 7. The zero-order valence-corrected chi connectivity index (χ0v) is 28.1. The summed E-state index contributed by atoms with van der Waals surface area (Å²) >= 11 is 2.24. The van der Waals surface area contributed by atoms with E-state index in [9.17, 15) is 24.9 Å². The van der Waals surface area contributed by atoms with Gasteiger partial charge >= 0.3 is 5.97 Å². The van der Waals surface area contributed by atoms with Crippen molar-refractivity contribution in [3.05, 3.63) is 75.4 Å². The maximum atomic E-state index is 14.6. The van der Waals surface area contributed by atoms with Crippen LogP contribution in [-0.4, -0.2) is 64.1 Å². The number of cyclic esters (lactones) is 1. The van der Waals surface area contributed by atoms with Crippen LogP contribution in [0.1, 0.15) is 57.1 Å². The van der Waals surface area contributed by atoms with Gasteiger partial charge in [-0.3, -0.25) is 14.5 Å². The predicted molar refractivity (Wildman–Crippen MR) is 178 cm³/mol. The van der Waals surface area contributed by atoms with Gasteiger partial charge < -0.3 is 25.4 Å². The summed E-state index contributed by atoms with van der Waals surface area (Å²) in [6.07, 6.45) is 1.69. The number of halogens is 1. The van der Waals surface area contributed by atoms with Gasteiger partial charge in [-0.2, -0.15) is 0 Å². The number of allylic oxidation sites excluding steroid dienone is 1. The molecule has 5 aliphatic rings. The third-order valence-electron chi connectivity index (χ3n) is 12.8. The highest BCUT2D eigenvalue weighted by Crippen LogP contribution is 2.68. The van der Waals surface area contributed by atoms with Gasteiger partial charge in [0.1, 0.15) is 23.7 Å². The van der Waals surface area contributed by atoms with Crippen LogP contribution in [0.4, 0.5) is 5.69 Å². The Morgan fingerprint density at radius 3 is 2.53 bits per heavy atom. The summed E-state index contributed by atoms with van der Waals surface area (Å²) in [7, 11) is 0. The first-order valence-corrected chi connectivity index (χ1v) is 17.2. The van der Waals surface area contributed by atoms with Crippen LogP contribution in [0.25, 0.3) is 0 Å². The average Bonchev–Trinajstić information content (AvgIpc) is 3.60. The normalized spacial score (nSPS) is 40.9. The Labute approximate surface area is 278 Å². The number of aliphatic hydroxyl groups is 3. The summed E-state index contributed by atoms with van der Waals surface area (Å²) in [6, 6.07) is 15.7.